The average molecular weight is 458 g/mol. The van der Waals surface area contributed by atoms with Gasteiger partial charge in [0.1, 0.15) is 11.5 Å². The molecule has 0 aromatic heterocycles. The van der Waals surface area contributed by atoms with Crippen LogP contribution in [-0.2, 0) is 9.59 Å². The summed E-state index contributed by atoms with van der Waals surface area (Å²) in [6, 6.07) is 13.7. The highest BCUT2D eigenvalue weighted by atomic mass is 79.9. The molecule has 29 heavy (non-hydrogen) atoms. The van der Waals surface area contributed by atoms with E-state index < -0.39 is 17.7 Å². The second-order valence-electron chi connectivity index (χ2n) is 6.92. The van der Waals surface area contributed by atoms with Crippen LogP contribution in [0.3, 0.4) is 0 Å². The van der Waals surface area contributed by atoms with E-state index in [1.54, 1.807) is 24.3 Å². The molecule has 2 aromatic rings. The number of hydrogen-bond donors (Lipinski definition) is 1. The molecule has 0 saturated carbocycles. The van der Waals surface area contributed by atoms with E-state index in [2.05, 4.69) is 15.9 Å². The predicted molar refractivity (Wildman–Crippen MR) is 116 cm³/mol. The number of carbonyl (C=O) groups is 2. The van der Waals surface area contributed by atoms with Crippen molar-refractivity contribution in [2.75, 3.05) is 13.2 Å². The van der Waals surface area contributed by atoms with Gasteiger partial charge in [-0.3, -0.25) is 9.59 Å². The third kappa shape index (κ3) is 4.37. The van der Waals surface area contributed by atoms with Crippen molar-refractivity contribution in [1.29, 1.82) is 0 Å². The van der Waals surface area contributed by atoms with Crippen LogP contribution < -0.4 is 4.74 Å². The third-order valence-electron chi connectivity index (χ3n) is 4.79. The summed E-state index contributed by atoms with van der Waals surface area (Å²) in [5.74, 6) is -0.668. The van der Waals surface area contributed by atoms with Crippen molar-refractivity contribution in [1.82, 2.24) is 4.90 Å². The van der Waals surface area contributed by atoms with Gasteiger partial charge >= 0.3 is 0 Å². The Hall–Kier alpha value is -2.60. The van der Waals surface area contributed by atoms with Gasteiger partial charge in [-0.05, 0) is 42.7 Å². The van der Waals surface area contributed by atoms with E-state index in [-0.39, 0.29) is 11.3 Å². The van der Waals surface area contributed by atoms with E-state index in [1.165, 1.54) is 4.90 Å². The first-order chi connectivity index (χ1) is 14.0. The standard InChI is InChI=1S/C23H24BrNO4/c1-3-13-25-20(15-7-11-18(12-8-15)29-14-4-2)19(22(27)23(25)28)21(26)16-5-9-17(24)10-6-16/h5-12,20,26H,3-4,13-14H2,1-2H3/b21-19-. The molecule has 1 aliphatic rings. The summed E-state index contributed by atoms with van der Waals surface area (Å²) in [5, 5.41) is 10.9. The molecule has 1 aliphatic heterocycles. The van der Waals surface area contributed by atoms with Crippen molar-refractivity contribution in [2.45, 2.75) is 32.7 Å². The Morgan fingerprint density at radius 3 is 2.28 bits per heavy atom. The zero-order chi connectivity index (χ0) is 21.0. The molecule has 5 nitrogen and oxygen atoms in total. The number of aliphatic hydroxyl groups is 1. The van der Waals surface area contributed by atoms with Gasteiger partial charge in [0.15, 0.2) is 0 Å². The first-order valence-corrected chi connectivity index (χ1v) is 10.5. The molecule has 0 bridgehead atoms. The van der Waals surface area contributed by atoms with Crippen LogP contribution in [0, 0.1) is 0 Å². The zero-order valence-corrected chi connectivity index (χ0v) is 18.1. The molecule has 1 N–H and O–H groups in total. The number of ketones is 1. The molecule has 0 spiro atoms. The summed E-state index contributed by atoms with van der Waals surface area (Å²) in [7, 11) is 0. The summed E-state index contributed by atoms with van der Waals surface area (Å²) < 4.78 is 6.49. The molecule has 1 saturated heterocycles. The summed E-state index contributed by atoms with van der Waals surface area (Å²) >= 11 is 3.36. The van der Waals surface area contributed by atoms with Crippen LogP contribution in [0.1, 0.15) is 43.9 Å². The van der Waals surface area contributed by atoms with Gasteiger partial charge in [-0.25, -0.2) is 0 Å². The quantitative estimate of drug-likeness (QED) is 0.358. The Morgan fingerprint density at radius 1 is 1.03 bits per heavy atom. The van der Waals surface area contributed by atoms with Crippen molar-refractivity contribution in [2.24, 2.45) is 0 Å². The monoisotopic (exact) mass is 457 g/mol. The lowest BCUT2D eigenvalue weighted by Gasteiger charge is -2.25. The summed E-state index contributed by atoms with van der Waals surface area (Å²) in [6.07, 6.45) is 1.62. The molecule has 2 aromatic carbocycles. The van der Waals surface area contributed by atoms with E-state index in [0.717, 1.165) is 22.2 Å². The van der Waals surface area contributed by atoms with Crippen LogP contribution in [0.4, 0.5) is 0 Å². The molecular weight excluding hydrogens is 434 g/mol. The maximum atomic E-state index is 12.8. The van der Waals surface area contributed by atoms with Gasteiger partial charge in [0.25, 0.3) is 11.7 Å². The number of carbonyl (C=O) groups excluding carboxylic acids is 2. The second-order valence-corrected chi connectivity index (χ2v) is 7.83. The maximum absolute atomic E-state index is 12.8. The van der Waals surface area contributed by atoms with Gasteiger partial charge in [0.05, 0.1) is 18.2 Å². The Labute approximate surface area is 179 Å². The van der Waals surface area contributed by atoms with Crippen molar-refractivity contribution in [3.8, 4) is 5.75 Å². The molecule has 1 fully saturated rings. The molecule has 6 heteroatoms. The highest BCUT2D eigenvalue weighted by Gasteiger charge is 2.45. The Balaban J connectivity index is 2.07. The van der Waals surface area contributed by atoms with Crippen LogP contribution in [-0.4, -0.2) is 34.8 Å². The molecule has 152 valence electrons. The fourth-order valence-electron chi connectivity index (χ4n) is 3.43. The highest BCUT2D eigenvalue weighted by Crippen LogP contribution is 2.40. The number of ether oxygens (including phenoxy) is 1. The number of rotatable bonds is 7. The fourth-order valence-corrected chi connectivity index (χ4v) is 3.69. The molecular formula is C23H24BrNO4. The number of aliphatic hydroxyl groups excluding tert-OH is 1. The Bertz CT molecular complexity index is 919. The number of nitrogens with zero attached hydrogens (tertiary/aromatic N) is 1. The Kier molecular flexibility index (Phi) is 6.75. The van der Waals surface area contributed by atoms with Gasteiger partial charge in [0.2, 0.25) is 0 Å². The minimum atomic E-state index is -0.657. The summed E-state index contributed by atoms with van der Waals surface area (Å²) in [4.78, 5) is 27.0. The van der Waals surface area contributed by atoms with Gasteiger partial charge in [0, 0.05) is 16.6 Å². The topological polar surface area (TPSA) is 66.8 Å². The normalized spacial score (nSPS) is 18.3. The lowest BCUT2D eigenvalue weighted by atomic mass is 9.95. The number of benzene rings is 2. The zero-order valence-electron chi connectivity index (χ0n) is 16.5. The number of halogens is 1. The van der Waals surface area contributed by atoms with Gasteiger partial charge in [-0.1, -0.05) is 54.0 Å². The lowest BCUT2D eigenvalue weighted by Crippen LogP contribution is -2.30. The van der Waals surface area contributed by atoms with E-state index >= 15 is 0 Å². The first kappa shape index (κ1) is 21.1. The Morgan fingerprint density at radius 2 is 1.69 bits per heavy atom. The van der Waals surface area contributed by atoms with Gasteiger partial charge in [-0.2, -0.15) is 0 Å². The van der Waals surface area contributed by atoms with Crippen LogP contribution in [0.15, 0.2) is 58.6 Å². The summed E-state index contributed by atoms with van der Waals surface area (Å²) in [5.41, 5.74) is 1.38. The highest BCUT2D eigenvalue weighted by molar-refractivity contribution is 9.10. The van der Waals surface area contributed by atoms with Crippen molar-refractivity contribution in [3.05, 3.63) is 69.7 Å². The van der Waals surface area contributed by atoms with E-state index in [9.17, 15) is 14.7 Å². The predicted octanol–water partition coefficient (Wildman–Crippen LogP) is 5.07. The van der Waals surface area contributed by atoms with E-state index in [1.807, 2.05) is 38.1 Å². The number of hydrogen-bond acceptors (Lipinski definition) is 4. The maximum Gasteiger partial charge on any atom is 0.295 e. The van der Waals surface area contributed by atoms with Crippen molar-refractivity contribution in [3.63, 3.8) is 0 Å². The van der Waals surface area contributed by atoms with Crippen LogP contribution in [0.5, 0.6) is 5.75 Å². The fraction of sp³-hybridized carbons (Fsp3) is 0.304. The number of likely N-dealkylation sites (tertiary alicyclic amines) is 1. The molecule has 3 rings (SSSR count). The van der Waals surface area contributed by atoms with Crippen molar-refractivity contribution >= 4 is 33.4 Å². The minimum Gasteiger partial charge on any atom is -0.507 e. The molecule has 1 heterocycles. The second kappa shape index (κ2) is 9.27. The molecule has 1 amide bonds. The van der Waals surface area contributed by atoms with Gasteiger partial charge in [-0.15, -0.1) is 0 Å². The summed E-state index contributed by atoms with van der Waals surface area (Å²) in [6.45, 7) is 5.04. The molecule has 1 unspecified atom stereocenters. The van der Waals surface area contributed by atoms with Gasteiger partial charge < -0.3 is 14.7 Å². The van der Waals surface area contributed by atoms with E-state index in [0.29, 0.717) is 25.1 Å². The average Bonchev–Trinajstić information content (AvgIpc) is 2.98. The first-order valence-electron chi connectivity index (χ1n) is 9.75. The number of Topliss-reactive ketones (excluding diaryl/α,β-unsaturated/α-hetero) is 1. The number of amides is 1. The molecule has 1 atom stereocenters. The smallest absolute Gasteiger partial charge is 0.295 e. The van der Waals surface area contributed by atoms with Crippen molar-refractivity contribution < 1.29 is 19.4 Å². The minimum absolute atomic E-state index is 0.119. The van der Waals surface area contributed by atoms with Crippen LogP contribution in [0.2, 0.25) is 0 Å². The van der Waals surface area contributed by atoms with Crippen LogP contribution >= 0.6 is 15.9 Å². The van der Waals surface area contributed by atoms with E-state index in [4.69, 9.17) is 4.74 Å². The third-order valence-corrected chi connectivity index (χ3v) is 5.32. The largest absolute Gasteiger partial charge is 0.507 e. The lowest BCUT2D eigenvalue weighted by molar-refractivity contribution is -0.139. The van der Waals surface area contributed by atoms with Crippen LogP contribution in [0.25, 0.3) is 5.76 Å². The molecule has 0 aliphatic carbocycles. The molecule has 0 radical (unpaired) electrons. The SMILES string of the molecule is CCCOc1ccc(C2/C(=C(/O)c3ccc(Br)cc3)C(=O)C(=O)N2CCC)cc1.